The van der Waals surface area contributed by atoms with E-state index >= 15 is 0 Å². The van der Waals surface area contributed by atoms with Crippen LogP contribution in [-0.2, 0) is 5.75 Å². The van der Waals surface area contributed by atoms with Crippen molar-refractivity contribution in [2.24, 2.45) is 0 Å². The topological polar surface area (TPSA) is 121 Å². The smallest absolute Gasteiger partial charge is 0.288 e. The first-order valence-corrected chi connectivity index (χ1v) is 10.9. The molecule has 0 spiro atoms. The molecular formula is C19H12ClN5O4S2. The molecule has 2 heterocycles. The number of ketones is 1. The standard InChI is InChI=1S/C19H12ClN5O4S2/c1-10(26)11-3-2-4-14(5-11)24-8-13(22-23-24)9-30-19-21-18(27)15-6-12(20)7-16(25(28)29)17(15)31-19/h2-8H,9H2,1H3. The Hall–Kier alpha value is -3.15. The van der Waals surface area contributed by atoms with Crippen molar-refractivity contribution >= 4 is 56.3 Å². The molecule has 9 nitrogen and oxygen atoms in total. The zero-order chi connectivity index (χ0) is 22.1. The Balaban J connectivity index is 1.59. The van der Waals surface area contributed by atoms with E-state index in [1.165, 1.54) is 30.8 Å². The third-order valence-corrected chi connectivity index (χ3v) is 6.74. The molecule has 0 saturated carbocycles. The summed E-state index contributed by atoms with van der Waals surface area (Å²) in [6, 6.07) is 9.60. The van der Waals surface area contributed by atoms with Crippen LogP contribution in [0.5, 0.6) is 0 Å². The number of nitro groups is 1. The molecule has 0 N–H and O–H groups in total. The first kappa shape index (κ1) is 21.1. The van der Waals surface area contributed by atoms with Crippen LogP contribution < -0.4 is 5.56 Å². The Labute approximate surface area is 187 Å². The van der Waals surface area contributed by atoms with Gasteiger partial charge in [0.05, 0.1) is 27.9 Å². The van der Waals surface area contributed by atoms with Crippen molar-refractivity contribution in [2.45, 2.75) is 17.0 Å². The fourth-order valence-corrected chi connectivity index (χ4v) is 5.01. The number of hydrogen-bond acceptors (Lipinski definition) is 9. The lowest BCUT2D eigenvalue weighted by molar-refractivity contribution is -0.382. The Bertz CT molecular complexity index is 1400. The molecule has 0 atom stereocenters. The Kier molecular flexibility index (Phi) is 5.81. The number of nitrogens with zero attached hydrogens (tertiary/aromatic N) is 5. The van der Waals surface area contributed by atoms with Gasteiger partial charge in [-0.1, -0.05) is 40.7 Å². The van der Waals surface area contributed by atoms with E-state index in [0.29, 0.717) is 27.0 Å². The highest BCUT2D eigenvalue weighted by molar-refractivity contribution is 8.00. The zero-order valence-electron chi connectivity index (χ0n) is 15.8. The maximum Gasteiger partial charge on any atom is 0.288 e. The minimum atomic E-state index is -0.577. The van der Waals surface area contributed by atoms with E-state index in [4.69, 9.17) is 11.6 Å². The van der Waals surface area contributed by atoms with Crippen LogP contribution in [0.1, 0.15) is 23.0 Å². The minimum absolute atomic E-state index is 0.0505. The number of halogens is 1. The summed E-state index contributed by atoms with van der Waals surface area (Å²) >= 11 is 8.17. The second kappa shape index (κ2) is 8.53. The predicted molar refractivity (Wildman–Crippen MR) is 118 cm³/mol. The van der Waals surface area contributed by atoms with Crippen LogP contribution in [0.2, 0.25) is 5.02 Å². The van der Waals surface area contributed by atoms with E-state index in [1.807, 2.05) is 0 Å². The molecular weight excluding hydrogens is 462 g/mol. The van der Waals surface area contributed by atoms with Crippen LogP contribution in [0, 0.1) is 10.1 Å². The molecule has 0 aliphatic heterocycles. The summed E-state index contributed by atoms with van der Waals surface area (Å²) < 4.78 is 2.14. The van der Waals surface area contributed by atoms with Gasteiger partial charge in [-0.05, 0) is 25.1 Å². The lowest BCUT2D eigenvalue weighted by Gasteiger charge is -2.02. The van der Waals surface area contributed by atoms with Gasteiger partial charge in [0, 0.05) is 22.4 Å². The van der Waals surface area contributed by atoms with Gasteiger partial charge in [0.25, 0.3) is 11.2 Å². The maximum absolute atomic E-state index is 12.4. The van der Waals surface area contributed by atoms with Gasteiger partial charge >= 0.3 is 0 Å². The van der Waals surface area contributed by atoms with Crippen LogP contribution in [0.15, 0.2) is 51.7 Å². The van der Waals surface area contributed by atoms with Crippen LogP contribution in [-0.4, -0.2) is 30.7 Å². The molecule has 0 fully saturated rings. The average Bonchev–Trinajstić information content (AvgIpc) is 3.21. The van der Waals surface area contributed by atoms with Crippen molar-refractivity contribution in [3.05, 3.63) is 79.3 Å². The third kappa shape index (κ3) is 4.48. The second-order valence-corrected chi connectivity index (χ2v) is 9.05. The number of carbonyl (C=O) groups excluding carboxylic acids is 1. The van der Waals surface area contributed by atoms with Crippen molar-refractivity contribution in [3.8, 4) is 5.69 Å². The highest BCUT2D eigenvalue weighted by Gasteiger charge is 2.18. The van der Waals surface area contributed by atoms with E-state index in [0.717, 1.165) is 11.3 Å². The summed E-state index contributed by atoms with van der Waals surface area (Å²) in [5, 5.41) is 19.8. The number of Topliss-reactive ketones (excluding diaryl/α,β-unsaturated/α-hetero) is 1. The molecule has 0 unspecified atom stereocenters. The van der Waals surface area contributed by atoms with E-state index < -0.39 is 10.5 Å². The van der Waals surface area contributed by atoms with Crippen molar-refractivity contribution in [1.82, 2.24) is 20.0 Å². The van der Waals surface area contributed by atoms with Crippen molar-refractivity contribution in [3.63, 3.8) is 0 Å². The number of rotatable bonds is 6. The van der Waals surface area contributed by atoms with Gasteiger partial charge in [-0.25, -0.2) is 4.68 Å². The Morgan fingerprint density at radius 1 is 1.32 bits per heavy atom. The van der Waals surface area contributed by atoms with Gasteiger partial charge in [-0.2, -0.15) is 4.98 Å². The summed E-state index contributed by atoms with van der Waals surface area (Å²) in [7, 11) is 0. The van der Waals surface area contributed by atoms with Gasteiger partial charge in [0.15, 0.2) is 10.1 Å². The minimum Gasteiger partial charge on any atom is -0.295 e. The molecule has 31 heavy (non-hydrogen) atoms. The second-order valence-electron chi connectivity index (χ2n) is 6.39. The van der Waals surface area contributed by atoms with Gasteiger partial charge in [0.2, 0.25) is 0 Å². The number of nitro benzene ring substituents is 1. The summed E-state index contributed by atoms with van der Waals surface area (Å²) in [6.45, 7) is 1.49. The highest BCUT2D eigenvalue weighted by Crippen LogP contribution is 2.35. The van der Waals surface area contributed by atoms with Crippen molar-refractivity contribution < 1.29 is 9.72 Å². The van der Waals surface area contributed by atoms with E-state index in [-0.39, 0.29) is 26.6 Å². The van der Waals surface area contributed by atoms with E-state index in [9.17, 15) is 19.7 Å². The van der Waals surface area contributed by atoms with Crippen molar-refractivity contribution in [1.29, 1.82) is 0 Å². The third-order valence-electron chi connectivity index (χ3n) is 4.24. The molecule has 4 aromatic rings. The van der Waals surface area contributed by atoms with Crippen molar-refractivity contribution in [2.75, 3.05) is 0 Å². The van der Waals surface area contributed by atoms with E-state index in [1.54, 1.807) is 35.1 Å². The highest BCUT2D eigenvalue weighted by atomic mass is 35.5. The number of non-ortho nitro benzene ring substituents is 1. The number of benzene rings is 2. The molecule has 4 rings (SSSR count). The lowest BCUT2D eigenvalue weighted by atomic mass is 10.1. The number of hydrogen-bond donors (Lipinski definition) is 0. The first-order chi connectivity index (χ1) is 14.8. The van der Waals surface area contributed by atoms with Gasteiger partial charge < -0.3 is 0 Å². The Morgan fingerprint density at radius 3 is 2.87 bits per heavy atom. The molecule has 0 saturated heterocycles. The fourth-order valence-electron chi connectivity index (χ4n) is 2.79. The molecule has 12 heteroatoms. The van der Waals surface area contributed by atoms with Gasteiger partial charge in [-0.15, -0.1) is 16.4 Å². The number of carbonyl (C=O) groups is 1. The summed E-state index contributed by atoms with van der Waals surface area (Å²) in [5.41, 5.74) is 1.07. The molecule has 0 aliphatic carbocycles. The van der Waals surface area contributed by atoms with Crippen LogP contribution in [0.4, 0.5) is 5.69 Å². The number of fused-ring (bicyclic) bond motifs is 1. The molecule has 2 aromatic heterocycles. The maximum atomic E-state index is 12.4. The average molecular weight is 474 g/mol. The van der Waals surface area contributed by atoms with Crippen LogP contribution in [0.25, 0.3) is 15.8 Å². The summed E-state index contributed by atoms with van der Waals surface area (Å²) in [4.78, 5) is 38.7. The normalized spacial score (nSPS) is 11.0. The predicted octanol–water partition coefficient (Wildman–Crippen LogP) is 4.29. The SMILES string of the molecule is CC(=O)c1cccc(-n2cc(CSc3nc(=O)c4cc(Cl)cc([N+](=O)[O-])c4s3)nn2)c1. The molecule has 0 aliphatic rings. The molecule has 0 amide bonds. The lowest BCUT2D eigenvalue weighted by Crippen LogP contribution is -2.06. The van der Waals surface area contributed by atoms with Crippen LogP contribution in [0.3, 0.4) is 0 Å². The van der Waals surface area contributed by atoms with Crippen LogP contribution >= 0.6 is 34.7 Å². The largest absolute Gasteiger partial charge is 0.295 e. The molecule has 0 radical (unpaired) electrons. The summed E-state index contributed by atoms with van der Waals surface area (Å²) in [6.07, 6.45) is 1.71. The quantitative estimate of drug-likeness (QED) is 0.176. The van der Waals surface area contributed by atoms with Gasteiger partial charge in [0.1, 0.15) is 4.70 Å². The molecule has 2 aromatic carbocycles. The monoisotopic (exact) mass is 473 g/mol. The molecule has 0 bridgehead atoms. The number of thioether (sulfide) groups is 1. The zero-order valence-corrected chi connectivity index (χ0v) is 18.2. The summed E-state index contributed by atoms with van der Waals surface area (Å²) in [5.74, 6) is 0.299. The molecule has 156 valence electrons. The fraction of sp³-hybridized carbons (Fsp3) is 0.105. The Morgan fingerprint density at radius 2 is 2.13 bits per heavy atom. The number of aromatic nitrogens is 4. The van der Waals surface area contributed by atoms with E-state index in [2.05, 4.69) is 15.3 Å². The van der Waals surface area contributed by atoms with Gasteiger partial charge in [-0.3, -0.25) is 19.7 Å². The first-order valence-electron chi connectivity index (χ1n) is 8.76.